The summed E-state index contributed by atoms with van der Waals surface area (Å²) in [5, 5.41) is 10.9. The third-order valence-corrected chi connectivity index (χ3v) is 4.34. The molecular weight excluding hydrogens is 352 g/mol. The predicted octanol–water partition coefficient (Wildman–Crippen LogP) is 5.76. The van der Waals surface area contributed by atoms with Gasteiger partial charge in [-0.15, -0.1) is 0 Å². The summed E-state index contributed by atoms with van der Waals surface area (Å²) in [5.74, 6) is 0.853. The number of benzene rings is 2. The summed E-state index contributed by atoms with van der Waals surface area (Å²) in [6, 6.07) is 18.4. The molecule has 1 heterocycles. The second kappa shape index (κ2) is 9.46. The van der Waals surface area contributed by atoms with Crippen molar-refractivity contribution < 1.29 is 9.66 Å². The lowest BCUT2D eigenvalue weighted by atomic mass is 9.96. The van der Waals surface area contributed by atoms with Crippen molar-refractivity contribution >= 4 is 17.3 Å². The number of non-ortho nitro benzene ring substituents is 1. The van der Waals surface area contributed by atoms with Crippen molar-refractivity contribution in [3.05, 3.63) is 99.9 Å². The minimum absolute atomic E-state index is 0.0754. The molecule has 1 aromatic heterocycles. The van der Waals surface area contributed by atoms with Crippen LogP contribution in [0.4, 0.5) is 5.69 Å². The number of hydrogen-bond donors (Lipinski definition) is 0. The average Bonchev–Trinajstić information content (AvgIpc) is 2.74. The van der Waals surface area contributed by atoms with Crippen molar-refractivity contribution in [3.8, 4) is 5.75 Å². The Hall–Kier alpha value is -3.47. The summed E-state index contributed by atoms with van der Waals surface area (Å²) >= 11 is 0. The molecule has 0 aliphatic heterocycles. The van der Waals surface area contributed by atoms with Crippen LogP contribution in [-0.2, 0) is 0 Å². The minimum Gasteiger partial charge on any atom is -0.494 e. The Morgan fingerprint density at radius 2 is 1.64 bits per heavy atom. The van der Waals surface area contributed by atoms with Crippen LogP contribution < -0.4 is 4.74 Å². The molecule has 0 saturated heterocycles. The number of ether oxygens (including phenoxy) is 1. The predicted molar refractivity (Wildman–Crippen MR) is 111 cm³/mol. The molecule has 0 atom stereocenters. The van der Waals surface area contributed by atoms with Crippen LogP contribution in [-0.4, -0.2) is 16.5 Å². The van der Waals surface area contributed by atoms with E-state index in [0.29, 0.717) is 0 Å². The smallest absolute Gasteiger partial charge is 0.269 e. The largest absolute Gasteiger partial charge is 0.494 e. The molecule has 5 heteroatoms. The number of nitrogens with zero attached hydrogens (tertiary/aromatic N) is 2. The van der Waals surface area contributed by atoms with Gasteiger partial charge in [0.15, 0.2) is 0 Å². The summed E-state index contributed by atoms with van der Waals surface area (Å²) in [6.07, 6.45) is 7.67. The van der Waals surface area contributed by atoms with Gasteiger partial charge >= 0.3 is 0 Å². The molecule has 0 amide bonds. The van der Waals surface area contributed by atoms with Crippen molar-refractivity contribution in [2.45, 2.75) is 19.8 Å². The van der Waals surface area contributed by atoms with E-state index in [1.807, 2.05) is 36.4 Å². The molecule has 0 spiro atoms. The van der Waals surface area contributed by atoms with Crippen LogP contribution in [0.25, 0.3) is 11.6 Å². The van der Waals surface area contributed by atoms with Gasteiger partial charge in [0.1, 0.15) is 5.75 Å². The van der Waals surface area contributed by atoms with Crippen molar-refractivity contribution in [2.75, 3.05) is 6.61 Å². The van der Waals surface area contributed by atoms with Gasteiger partial charge in [0.05, 0.1) is 11.5 Å². The monoisotopic (exact) mass is 374 g/mol. The zero-order valence-corrected chi connectivity index (χ0v) is 15.7. The topological polar surface area (TPSA) is 65.3 Å². The SMILES string of the molecule is CCCCOc1ccc(/C=C(\c2ccncc2)c2ccc([N+](=O)[O-])cc2)cc1. The van der Waals surface area contributed by atoms with Gasteiger partial charge in [0, 0.05) is 24.5 Å². The van der Waals surface area contributed by atoms with E-state index in [-0.39, 0.29) is 5.69 Å². The Kier molecular flexibility index (Phi) is 6.52. The lowest BCUT2D eigenvalue weighted by Crippen LogP contribution is -1.96. The van der Waals surface area contributed by atoms with Crippen LogP contribution in [0.15, 0.2) is 73.1 Å². The molecule has 0 N–H and O–H groups in total. The first-order valence-electron chi connectivity index (χ1n) is 9.27. The molecule has 0 aliphatic carbocycles. The first kappa shape index (κ1) is 19.3. The number of unbranched alkanes of at least 4 members (excludes halogenated alkanes) is 1. The summed E-state index contributed by atoms with van der Waals surface area (Å²) in [4.78, 5) is 14.6. The number of pyridine rings is 1. The van der Waals surface area contributed by atoms with Crippen LogP contribution in [0.2, 0.25) is 0 Å². The quantitative estimate of drug-likeness (QED) is 0.218. The third-order valence-electron chi connectivity index (χ3n) is 4.34. The highest BCUT2D eigenvalue weighted by Crippen LogP contribution is 2.28. The number of aromatic nitrogens is 1. The van der Waals surface area contributed by atoms with Gasteiger partial charge in [-0.3, -0.25) is 15.1 Å². The summed E-state index contributed by atoms with van der Waals surface area (Å²) in [5.41, 5.74) is 3.96. The summed E-state index contributed by atoms with van der Waals surface area (Å²) < 4.78 is 5.72. The normalized spacial score (nSPS) is 11.2. The van der Waals surface area contributed by atoms with E-state index in [1.54, 1.807) is 24.5 Å². The van der Waals surface area contributed by atoms with Crippen molar-refractivity contribution in [1.82, 2.24) is 4.98 Å². The lowest BCUT2D eigenvalue weighted by molar-refractivity contribution is -0.384. The van der Waals surface area contributed by atoms with Crippen LogP contribution in [0.1, 0.15) is 36.5 Å². The fraction of sp³-hybridized carbons (Fsp3) is 0.174. The molecule has 5 nitrogen and oxygen atoms in total. The average molecular weight is 374 g/mol. The van der Waals surface area contributed by atoms with E-state index in [0.717, 1.165) is 47.5 Å². The van der Waals surface area contributed by atoms with E-state index in [9.17, 15) is 10.1 Å². The Bertz CT molecular complexity index is 934. The van der Waals surface area contributed by atoms with Gasteiger partial charge < -0.3 is 4.74 Å². The molecule has 0 unspecified atom stereocenters. The molecule has 2 aromatic carbocycles. The zero-order chi connectivity index (χ0) is 19.8. The van der Waals surface area contributed by atoms with E-state index in [4.69, 9.17) is 4.74 Å². The lowest BCUT2D eigenvalue weighted by Gasteiger charge is -2.10. The highest BCUT2D eigenvalue weighted by molar-refractivity contribution is 5.91. The highest BCUT2D eigenvalue weighted by atomic mass is 16.6. The Morgan fingerprint density at radius 1 is 1.00 bits per heavy atom. The third kappa shape index (κ3) is 5.04. The van der Waals surface area contributed by atoms with Crippen LogP contribution in [0.3, 0.4) is 0 Å². The van der Waals surface area contributed by atoms with Gasteiger partial charge in [-0.05, 0) is 71.2 Å². The Morgan fingerprint density at radius 3 is 2.25 bits per heavy atom. The maximum absolute atomic E-state index is 10.9. The second-order valence-corrected chi connectivity index (χ2v) is 6.37. The van der Waals surface area contributed by atoms with E-state index in [1.165, 1.54) is 12.1 Å². The summed E-state index contributed by atoms with van der Waals surface area (Å²) in [7, 11) is 0. The number of hydrogen-bond acceptors (Lipinski definition) is 4. The number of nitro groups is 1. The molecule has 0 saturated carbocycles. The Balaban J connectivity index is 1.92. The van der Waals surface area contributed by atoms with Gasteiger partial charge in [-0.25, -0.2) is 0 Å². The molecule has 0 radical (unpaired) electrons. The summed E-state index contributed by atoms with van der Waals surface area (Å²) in [6.45, 7) is 2.85. The number of nitro benzene ring substituents is 1. The van der Waals surface area contributed by atoms with Crippen LogP contribution >= 0.6 is 0 Å². The second-order valence-electron chi connectivity index (χ2n) is 6.37. The van der Waals surface area contributed by atoms with Crippen molar-refractivity contribution in [2.24, 2.45) is 0 Å². The molecule has 3 aromatic rings. The fourth-order valence-electron chi connectivity index (χ4n) is 2.79. The van der Waals surface area contributed by atoms with Gasteiger partial charge in [-0.2, -0.15) is 0 Å². The zero-order valence-electron chi connectivity index (χ0n) is 15.7. The van der Waals surface area contributed by atoms with Gasteiger partial charge in [0.25, 0.3) is 5.69 Å². The van der Waals surface area contributed by atoms with Crippen molar-refractivity contribution in [1.29, 1.82) is 0 Å². The molecular formula is C23H22N2O3. The van der Waals surface area contributed by atoms with E-state index in [2.05, 4.69) is 18.0 Å². The number of rotatable bonds is 8. The minimum atomic E-state index is -0.392. The van der Waals surface area contributed by atoms with Gasteiger partial charge in [0.2, 0.25) is 0 Å². The maximum Gasteiger partial charge on any atom is 0.269 e. The van der Waals surface area contributed by atoms with Crippen LogP contribution in [0.5, 0.6) is 5.75 Å². The highest BCUT2D eigenvalue weighted by Gasteiger charge is 2.09. The fourth-order valence-corrected chi connectivity index (χ4v) is 2.79. The first-order valence-corrected chi connectivity index (χ1v) is 9.27. The molecule has 3 rings (SSSR count). The first-order chi connectivity index (χ1) is 13.7. The standard InChI is InChI=1S/C23H22N2O3/c1-2-3-16-28-22-10-4-18(5-11-22)17-23(20-12-14-24-15-13-20)19-6-8-21(9-7-19)25(26)27/h4-15,17H,2-3,16H2,1H3/b23-17-. The van der Waals surface area contributed by atoms with Crippen molar-refractivity contribution in [3.63, 3.8) is 0 Å². The molecule has 0 bridgehead atoms. The van der Waals surface area contributed by atoms with Crippen LogP contribution in [0, 0.1) is 10.1 Å². The maximum atomic E-state index is 10.9. The molecule has 142 valence electrons. The molecule has 0 fully saturated rings. The van der Waals surface area contributed by atoms with E-state index < -0.39 is 4.92 Å². The Labute approximate surface area is 164 Å². The molecule has 28 heavy (non-hydrogen) atoms. The van der Waals surface area contributed by atoms with E-state index >= 15 is 0 Å². The molecule has 0 aliphatic rings. The van der Waals surface area contributed by atoms with Gasteiger partial charge in [-0.1, -0.05) is 25.5 Å².